The zero-order valence-corrected chi connectivity index (χ0v) is 16.2. The number of fused-ring (bicyclic) bond motifs is 1. The van der Waals surface area contributed by atoms with Crippen LogP contribution in [0.5, 0.6) is 0 Å². The molecule has 1 atom stereocenters. The van der Waals surface area contributed by atoms with Crippen LogP contribution in [0.4, 0.5) is 17.1 Å². The van der Waals surface area contributed by atoms with Crippen molar-refractivity contribution in [2.24, 2.45) is 0 Å². The summed E-state index contributed by atoms with van der Waals surface area (Å²) in [5, 5.41) is 11.6. The van der Waals surface area contributed by atoms with Crippen LogP contribution in [0.15, 0.2) is 72.8 Å². The van der Waals surface area contributed by atoms with Crippen LogP contribution in [-0.2, 0) is 4.79 Å². The highest BCUT2D eigenvalue weighted by Crippen LogP contribution is 2.37. The number of amides is 3. The van der Waals surface area contributed by atoms with Crippen molar-refractivity contribution >= 4 is 34.8 Å². The Morgan fingerprint density at radius 3 is 2.17 bits per heavy atom. The van der Waals surface area contributed by atoms with Gasteiger partial charge in [-0.3, -0.25) is 14.4 Å². The number of para-hydroxylation sites is 1. The number of anilines is 3. The Hall–Kier alpha value is -4.13. The zero-order valence-electron chi connectivity index (χ0n) is 16.2. The first-order valence-electron chi connectivity index (χ1n) is 9.46. The minimum atomic E-state index is -0.704. The number of rotatable bonds is 5. The van der Waals surface area contributed by atoms with Gasteiger partial charge in [-0.2, -0.15) is 0 Å². The van der Waals surface area contributed by atoms with Gasteiger partial charge in [-0.05, 0) is 36.4 Å². The minimum absolute atomic E-state index is 0.280. The van der Waals surface area contributed by atoms with E-state index in [0.717, 1.165) is 5.69 Å². The lowest BCUT2D eigenvalue weighted by Gasteiger charge is -2.18. The summed E-state index contributed by atoms with van der Waals surface area (Å²) in [5.41, 5.74) is 3.24. The van der Waals surface area contributed by atoms with Crippen LogP contribution < -0.4 is 21.3 Å². The molecule has 1 aliphatic rings. The summed E-state index contributed by atoms with van der Waals surface area (Å²) in [6, 6.07) is 21.7. The fourth-order valence-corrected chi connectivity index (χ4v) is 3.43. The second-order valence-electron chi connectivity index (χ2n) is 6.87. The maximum absolute atomic E-state index is 12.8. The number of carbonyl (C=O) groups excluding carboxylic acids is 3. The number of hydrogen-bond acceptors (Lipinski definition) is 4. The molecule has 3 aromatic rings. The van der Waals surface area contributed by atoms with Crippen LogP contribution in [0, 0.1) is 0 Å². The van der Waals surface area contributed by atoms with Crippen molar-refractivity contribution in [3.63, 3.8) is 0 Å². The number of benzene rings is 3. The maximum atomic E-state index is 12.8. The molecule has 0 spiro atoms. The van der Waals surface area contributed by atoms with E-state index in [4.69, 9.17) is 0 Å². The summed E-state index contributed by atoms with van der Waals surface area (Å²) in [4.78, 5) is 37.1. The fourth-order valence-electron chi connectivity index (χ4n) is 3.43. The van der Waals surface area contributed by atoms with Gasteiger partial charge in [0, 0.05) is 29.4 Å². The Balaban J connectivity index is 1.74. The Morgan fingerprint density at radius 1 is 0.867 bits per heavy atom. The SMILES string of the molecule is CC(=O)NC1NC(=O)c2c(NC(=O)c3ccccc3)ccc(Nc3ccccc3)c21. The van der Waals surface area contributed by atoms with Crippen LogP contribution in [0.25, 0.3) is 0 Å². The highest BCUT2D eigenvalue weighted by atomic mass is 16.2. The Labute approximate surface area is 173 Å². The van der Waals surface area contributed by atoms with E-state index in [0.29, 0.717) is 28.1 Å². The standard InChI is InChI=1S/C23H20N4O3/c1-14(28)24-21-19-17(25-16-10-6-3-7-11-16)12-13-18(20(19)23(30)27-21)26-22(29)15-8-4-2-5-9-15/h2-13,21,25H,1H3,(H,24,28)(H,26,29)(H,27,30). The van der Waals surface area contributed by atoms with Crippen molar-refractivity contribution in [3.8, 4) is 0 Å². The molecule has 30 heavy (non-hydrogen) atoms. The maximum Gasteiger partial charge on any atom is 0.255 e. The first-order valence-corrected chi connectivity index (χ1v) is 9.46. The van der Waals surface area contributed by atoms with E-state index in [1.807, 2.05) is 36.4 Å². The molecule has 1 heterocycles. The second kappa shape index (κ2) is 8.08. The van der Waals surface area contributed by atoms with E-state index in [9.17, 15) is 14.4 Å². The molecule has 1 aliphatic heterocycles. The van der Waals surface area contributed by atoms with Gasteiger partial charge in [0.25, 0.3) is 11.8 Å². The topological polar surface area (TPSA) is 99.3 Å². The molecule has 150 valence electrons. The van der Waals surface area contributed by atoms with Gasteiger partial charge in [-0.1, -0.05) is 36.4 Å². The third-order valence-electron chi connectivity index (χ3n) is 4.72. The van der Waals surface area contributed by atoms with Gasteiger partial charge in [-0.25, -0.2) is 0 Å². The molecule has 7 nitrogen and oxygen atoms in total. The quantitative estimate of drug-likeness (QED) is 0.526. The first-order chi connectivity index (χ1) is 14.5. The summed E-state index contributed by atoms with van der Waals surface area (Å²) < 4.78 is 0. The Kier molecular flexibility index (Phi) is 5.17. The molecule has 4 rings (SSSR count). The van der Waals surface area contributed by atoms with Gasteiger partial charge < -0.3 is 21.3 Å². The van der Waals surface area contributed by atoms with Gasteiger partial charge in [0.1, 0.15) is 6.17 Å². The molecular formula is C23H20N4O3. The average Bonchev–Trinajstić information content (AvgIpc) is 3.07. The molecule has 3 aromatic carbocycles. The van der Waals surface area contributed by atoms with Crippen molar-refractivity contribution < 1.29 is 14.4 Å². The molecule has 4 N–H and O–H groups in total. The summed E-state index contributed by atoms with van der Waals surface area (Å²) in [5.74, 6) is -0.973. The van der Waals surface area contributed by atoms with Crippen LogP contribution in [0.2, 0.25) is 0 Å². The molecule has 3 amide bonds. The molecule has 0 aliphatic carbocycles. The highest BCUT2D eigenvalue weighted by Gasteiger charge is 2.34. The molecule has 0 aromatic heterocycles. The van der Waals surface area contributed by atoms with Gasteiger partial charge in [0.2, 0.25) is 5.91 Å². The molecular weight excluding hydrogens is 380 g/mol. The lowest BCUT2D eigenvalue weighted by atomic mass is 10.0. The van der Waals surface area contributed by atoms with Crippen LogP contribution in [-0.4, -0.2) is 17.7 Å². The third kappa shape index (κ3) is 3.86. The van der Waals surface area contributed by atoms with Crippen molar-refractivity contribution in [1.29, 1.82) is 0 Å². The van der Waals surface area contributed by atoms with Gasteiger partial charge >= 0.3 is 0 Å². The first kappa shape index (κ1) is 19.2. The molecule has 7 heteroatoms. The predicted molar refractivity (Wildman–Crippen MR) is 115 cm³/mol. The van der Waals surface area contributed by atoms with E-state index in [-0.39, 0.29) is 17.7 Å². The van der Waals surface area contributed by atoms with E-state index in [1.165, 1.54) is 6.92 Å². The minimum Gasteiger partial charge on any atom is -0.355 e. The van der Waals surface area contributed by atoms with Crippen molar-refractivity contribution in [1.82, 2.24) is 10.6 Å². The summed E-state index contributed by atoms with van der Waals surface area (Å²) in [7, 11) is 0. The Bertz CT molecular complexity index is 1110. The van der Waals surface area contributed by atoms with E-state index in [1.54, 1.807) is 36.4 Å². The Morgan fingerprint density at radius 2 is 1.50 bits per heavy atom. The number of hydrogen-bond donors (Lipinski definition) is 4. The summed E-state index contributed by atoms with van der Waals surface area (Å²) >= 11 is 0. The molecule has 0 radical (unpaired) electrons. The predicted octanol–water partition coefficient (Wildman–Crippen LogP) is 3.56. The molecule has 0 fully saturated rings. The van der Waals surface area contributed by atoms with E-state index in [2.05, 4.69) is 21.3 Å². The fraction of sp³-hybridized carbons (Fsp3) is 0.0870. The molecule has 0 saturated carbocycles. The third-order valence-corrected chi connectivity index (χ3v) is 4.72. The van der Waals surface area contributed by atoms with Gasteiger partial charge in [0.15, 0.2) is 0 Å². The number of nitrogens with one attached hydrogen (secondary N) is 4. The van der Waals surface area contributed by atoms with Gasteiger partial charge in [0.05, 0.1) is 11.3 Å². The second-order valence-corrected chi connectivity index (χ2v) is 6.87. The van der Waals surface area contributed by atoms with Crippen molar-refractivity contribution in [2.75, 3.05) is 10.6 Å². The monoisotopic (exact) mass is 400 g/mol. The lowest BCUT2D eigenvalue weighted by molar-refractivity contribution is -0.119. The van der Waals surface area contributed by atoms with Crippen LogP contribution >= 0.6 is 0 Å². The van der Waals surface area contributed by atoms with Crippen molar-refractivity contribution in [3.05, 3.63) is 89.5 Å². The summed E-state index contributed by atoms with van der Waals surface area (Å²) in [6.45, 7) is 1.38. The van der Waals surface area contributed by atoms with Crippen molar-refractivity contribution in [2.45, 2.75) is 13.1 Å². The average molecular weight is 400 g/mol. The zero-order chi connectivity index (χ0) is 21.1. The largest absolute Gasteiger partial charge is 0.355 e. The molecule has 0 bridgehead atoms. The smallest absolute Gasteiger partial charge is 0.255 e. The lowest BCUT2D eigenvalue weighted by Crippen LogP contribution is -2.34. The van der Waals surface area contributed by atoms with E-state index >= 15 is 0 Å². The molecule has 0 saturated heterocycles. The summed E-state index contributed by atoms with van der Waals surface area (Å²) in [6.07, 6.45) is -0.704. The van der Waals surface area contributed by atoms with Gasteiger partial charge in [-0.15, -0.1) is 0 Å². The number of carbonyl (C=O) groups is 3. The normalized spacial score (nSPS) is 14.4. The van der Waals surface area contributed by atoms with Crippen LogP contribution in [0.3, 0.4) is 0 Å². The highest BCUT2D eigenvalue weighted by molar-refractivity contribution is 6.12. The van der Waals surface area contributed by atoms with Crippen LogP contribution in [0.1, 0.15) is 39.4 Å². The van der Waals surface area contributed by atoms with E-state index < -0.39 is 6.17 Å². The molecule has 1 unspecified atom stereocenters.